The summed E-state index contributed by atoms with van der Waals surface area (Å²) in [5, 5.41) is 0.640. The summed E-state index contributed by atoms with van der Waals surface area (Å²) < 4.78 is 6.14. The van der Waals surface area contributed by atoms with E-state index in [1.54, 1.807) is 18.2 Å². The van der Waals surface area contributed by atoms with Crippen molar-refractivity contribution >= 4 is 33.3 Å². The van der Waals surface area contributed by atoms with Gasteiger partial charge in [-0.15, -0.1) is 0 Å². The fourth-order valence-electron chi connectivity index (χ4n) is 1.91. The molecule has 0 spiro atoms. The maximum absolute atomic E-state index is 12.3. The van der Waals surface area contributed by atoms with Gasteiger partial charge in [-0.3, -0.25) is 4.79 Å². The van der Waals surface area contributed by atoms with Gasteiger partial charge in [-0.05, 0) is 58.7 Å². The van der Waals surface area contributed by atoms with E-state index in [4.69, 9.17) is 16.3 Å². The number of carbonyl (C=O) groups is 1. The van der Waals surface area contributed by atoms with Crippen LogP contribution in [0.3, 0.4) is 0 Å². The molecule has 0 atom stereocenters. The first-order valence-corrected chi connectivity index (χ1v) is 7.47. The van der Waals surface area contributed by atoms with Gasteiger partial charge in [-0.1, -0.05) is 23.7 Å². The molecule has 0 heterocycles. The molecule has 0 aliphatic carbocycles. The van der Waals surface area contributed by atoms with Gasteiger partial charge in [-0.25, -0.2) is 0 Å². The third kappa shape index (κ3) is 3.84. The predicted molar refractivity (Wildman–Crippen MR) is 84.8 cm³/mol. The van der Waals surface area contributed by atoms with Crippen molar-refractivity contribution in [2.75, 3.05) is 6.61 Å². The zero-order valence-corrected chi connectivity index (χ0v) is 13.4. The van der Waals surface area contributed by atoms with Crippen molar-refractivity contribution in [3.05, 3.63) is 63.1 Å². The van der Waals surface area contributed by atoms with Gasteiger partial charge >= 0.3 is 0 Å². The van der Waals surface area contributed by atoms with E-state index < -0.39 is 0 Å². The summed E-state index contributed by atoms with van der Waals surface area (Å²) in [5.74, 6) is 0.792. The van der Waals surface area contributed by atoms with Crippen molar-refractivity contribution in [3.63, 3.8) is 0 Å². The van der Waals surface area contributed by atoms with E-state index in [0.717, 1.165) is 15.8 Å². The van der Waals surface area contributed by atoms with Crippen molar-refractivity contribution in [1.82, 2.24) is 0 Å². The van der Waals surface area contributed by atoms with Gasteiger partial charge in [-0.2, -0.15) is 0 Å². The standard InChI is InChI=1S/C16H14BrClO2/c1-2-20-13-6-7-14(15(17)10-13)16(19)9-11-4-3-5-12(18)8-11/h3-8,10H,2,9H2,1H3. The van der Waals surface area contributed by atoms with E-state index in [2.05, 4.69) is 15.9 Å². The van der Waals surface area contributed by atoms with Crippen LogP contribution < -0.4 is 4.74 Å². The molecule has 2 rings (SSSR count). The minimum absolute atomic E-state index is 0.0437. The number of hydrogen-bond acceptors (Lipinski definition) is 2. The average Bonchev–Trinajstić information content (AvgIpc) is 2.39. The van der Waals surface area contributed by atoms with Crippen molar-refractivity contribution in [3.8, 4) is 5.75 Å². The van der Waals surface area contributed by atoms with E-state index in [1.807, 2.05) is 31.2 Å². The van der Waals surface area contributed by atoms with Gasteiger partial charge in [0, 0.05) is 21.5 Å². The van der Waals surface area contributed by atoms with Crippen LogP contribution in [0.2, 0.25) is 5.02 Å². The molecule has 2 aromatic rings. The first-order chi connectivity index (χ1) is 9.60. The van der Waals surface area contributed by atoms with Crippen molar-refractivity contribution in [2.45, 2.75) is 13.3 Å². The Balaban J connectivity index is 2.17. The van der Waals surface area contributed by atoms with Gasteiger partial charge in [0.15, 0.2) is 5.78 Å². The zero-order chi connectivity index (χ0) is 14.5. The normalized spacial score (nSPS) is 10.3. The number of ether oxygens (including phenoxy) is 1. The SMILES string of the molecule is CCOc1ccc(C(=O)Cc2cccc(Cl)c2)c(Br)c1. The van der Waals surface area contributed by atoms with Crippen LogP contribution in [0.5, 0.6) is 5.75 Å². The summed E-state index contributed by atoms with van der Waals surface area (Å²) in [4.78, 5) is 12.3. The van der Waals surface area contributed by atoms with Crippen molar-refractivity contribution < 1.29 is 9.53 Å². The summed E-state index contributed by atoms with van der Waals surface area (Å²) in [6.07, 6.45) is 0.327. The number of halogens is 2. The fraction of sp³-hybridized carbons (Fsp3) is 0.188. The lowest BCUT2D eigenvalue weighted by atomic mass is 10.0. The van der Waals surface area contributed by atoms with Crippen LogP contribution in [0.15, 0.2) is 46.9 Å². The van der Waals surface area contributed by atoms with E-state index in [9.17, 15) is 4.79 Å². The van der Waals surface area contributed by atoms with Gasteiger partial charge in [0.25, 0.3) is 0 Å². The Kier molecular flexibility index (Phi) is 5.21. The summed E-state index contributed by atoms with van der Waals surface area (Å²) >= 11 is 9.34. The molecule has 2 nitrogen and oxygen atoms in total. The highest BCUT2D eigenvalue weighted by Crippen LogP contribution is 2.24. The predicted octanol–water partition coefficient (Wildman–Crippen LogP) is 4.93. The number of hydrogen-bond donors (Lipinski definition) is 0. The molecule has 0 aromatic heterocycles. The van der Waals surface area contributed by atoms with Gasteiger partial charge in [0.05, 0.1) is 6.61 Å². The van der Waals surface area contributed by atoms with E-state index >= 15 is 0 Å². The smallest absolute Gasteiger partial charge is 0.168 e. The number of rotatable bonds is 5. The van der Waals surface area contributed by atoms with Crippen LogP contribution in [0.25, 0.3) is 0 Å². The van der Waals surface area contributed by atoms with Gasteiger partial charge in [0.2, 0.25) is 0 Å². The molecule has 20 heavy (non-hydrogen) atoms. The minimum Gasteiger partial charge on any atom is -0.494 e. The van der Waals surface area contributed by atoms with Gasteiger partial charge < -0.3 is 4.74 Å². The van der Waals surface area contributed by atoms with E-state index in [1.165, 1.54) is 0 Å². The topological polar surface area (TPSA) is 26.3 Å². The summed E-state index contributed by atoms with van der Waals surface area (Å²) in [7, 11) is 0. The lowest BCUT2D eigenvalue weighted by Gasteiger charge is -2.08. The maximum atomic E-state index is 12.3. The second kappa shape index (κ2) is 6.91. The first-order valence-electron chi connectivity index (χ1n) is 6.30. The van der Waals surface area contributed by atoms with E-state index in [0.29, 0.717) is 23.6 Å². The molecule has 0 saturated heterocycles. The van der Waals surface area contributed by atoms with Crippen LogP contribution in [0.4, 0.5) is 0 Å². The molecular weight excluding hydrogens is 340 g/mol. The summed E-state index contributed by atoms with van der Waals surface area (Å²) in [6.45, 7) is 2.52. The summed E-state index contributed by atoms with van der Waals surface area (Å²) in [6, 6.07) is 12.7. The number of Topliss-reactive ketones (excluding diaryl/α,β-unsaturated/α-hetero) is 1. The van der Waals surface area contributed by atoms with Crippen LogP contribution in [-0.4, -0.2) is 12.4 Å². The molecule has 0 amide bonds. The highest BCUT2D eigenvalue weighted by Gasteiger charge is 2.12. The monoisotopic (exact) mass is 352 g/mol. The average molecular weight is 354 g/mol. The maximum Gasteiger partial charge on any atom is 0.168 e. The lowest BCUT2D eigenvalue weighted by molar-refractivity contribution is 0.0992. The second-order valence-corrected chi connectivity index (χ2v) is 5.60. The van der Waals surface area contributed by atoms with Gasteiger partial charge in [0.1, 0.15) is 5.75 Å². The Labute approximate surface area is 131 Å². The Bertz CT molecular complexity index is 626. The van der Waals surface area contributed by atoms with Crippen LogP contribution in [-0.2, 0) is 6.42 Å². The van der Waals surface area contributed by atoms with E-state index in [-0.39, 0.29) is 5.78 Å². The molecule has 0 N–H and O–H groups in total. The second-order valence-electron chi connectivity index (χ2n) is 4.30. The lowest BCUT2D eigenvalue weighted by Crippen LogP contribution is -2.05. The molecule has 0 bridgehead atoms. The molecule has 4 heteroatoms. The highest BCUT2D eigenvalue weighted by molar-refractivity contribution is 9.10. The quantitative estimate of drug-likeness (QED) is 0.713. The molecule has 0 aliphatic heterocycles. The fourth-order valence-corrected chi connectivity index (χ4v) is 2.70. The zero-order valence-electron chi connectivity index (χ0n) is 11.0. The van der Waals surface area contributed by atoms with Crippen molar-refractivity contribution in [1.29, 1.82) is 0 Å². The number of carbonyl (C=O) groups excluding carboxylic acids is 1. The number of benzene rings is 2. The Hall–Kier alpha value is -1.32. The van der Waals surface area contributed by atoms with Crippen molar-refractivity contribution in [2.24, 2.45) is 0 Å². The first kappa shape index (κ1) is 15.1. The third-order valence-electron chi connectivity index (χ3n) is 2.81. The minimum atomic E-state index is 0.0437. The van der Waals surface area contributed by atoms with Crippen LogP contribution >= 0.6 is 27.5 Å². The molecule has 0 aliphatic rings. The molecule has 0 unspecified atom stereocenters. The van der Waals surface area contributed by atoms with Crippen LogP contribution in [0, 0.1) is 0 Å². The molecule has 0 fully saturated rings. The molecule has 104 valence electrons. The summed E-state index contributed by atoms with van der Waals surface area (Å²) in [5.41, 5.74) is 1.55. The Morgan fingerprint density at radius 3 is 2.70 bits per heavy atom. The molecule has 0 saturated carbocycles. The number of ketones is 1. The molecule has 0 radical (unpaired) electrons. The van der Waals surface area contributed by atoms with Crippen LogP contribution in [0.1, 0.15) is 22.8 Å². The Morgan fingerprint density at radius 1 is 1.25 bits per heavy atom. The molecular formula is C16H14BrClO2. The highest BCUT2D eigenvalue weighted by atomic mass is 79.9. The third-order valence-corrected chi connectivity index (χ3v) is 3.70. The molecule has 2 aromatic carbocycles. The largest absolute Gasteiger partial charge is 0.494 e. The Morgan fingerprint density at radius 2 is 2.05 bits per heavy atom.